The van der Waals surface area contributed by atoms with Gasteiger partial charge in [-0.2, -0.15) is 0 Å². The Hall–Kier alpha value is -0.910. The molecular weight excluding hydrogens is 286 g/mol. The largest absolute Gasteiger partial charge is 0.392 e. The zero-order valence-corrected chi connectivity index (χ0v) is 13.7. The average Bonchev–Trinajstić information content (AvgIpc) is 2.99. The number of sulfonamides is 1. The highest BCUT2D eigenvalue weighted by Gasteiger charge is 2.27. The lowest BCUT2D eigenvalue weighted by atomic mass is 10.1. The van der Waals surface area contributed by atoms with E-state index in [1.54, 1.807) is 19.2 Å². The summed E-state index contributed by atoms with van der Waals surface area (Å²) in [6.07, 6.45) is 5.32. The molecule has 0 amide bonds. The third-order valence-electron chi connectivity index (χ3n) is 4.37. The van der Waals surface area contributed by atoms with Crippen LogP contribution < -0.4 is 0 Å². The first-order chi connectivity index (χ1) is 9.98. The van der Waals surface area contributed by atoms with Crippen molar-refractivity contribution in [1.29, 1.82) is 0 Å². The molecule has 1 aliphatic rings. The van der Waals surface area contributed by atoms with Gasteiger partial charge in [0.2, 0.25) is 10.0 Å². The Labute approximate surface area is 127 Å². The summed E-state index contributed by atoms with van der Waals surface area (Å²) in [5, 5.41) is 9.25. The van der Waals surface area contributed by atoms with E-state index < -0.39 is 10.0 Å². The molecule has 1 aromatic rings. The summed E-state index contributed by atoms with van der Waals surface area (Å²) in [6.45, 7) is 2.40. The normalized spacial score (nSPS) is 16.8. The maximum Gasteiger partial charge on any atom is 0.243 e. The van der Waals surface area contributed by atoms with Crippen LogP contribution in [0.3, 0.4) is 0 Å². The van der Waals surface area contributed by atoms with Gasteiger partial charge in [-0.05, 0) is 42.4 Å². The summed E-state index contributed by atoms with van der Waals surface area (Å²) in [4.78, 5) is 0.344. The van der Waals surface area contributed by atoms with Crippen LogP contribution in [0.1, 0.15) is 43.7 Å². The van der Waals surface area contributed by atoms with Crippen LogP contribution in [-0.4, -0.2) is 31.4 Å². The first kappa shape index (κ1) is 16.5. The number of aliphatic hydroxyl groups is 1. The number of benzene rings is 1. The SMILES string of the molecule is CCc1ccc(CO)cc1S(=O)(=O)N(C)CC1CCCC1. The smallest absolute Gasteiger partial charge is 0.243 e. The summed E-state index contributed by atoms with van der Waals surface area (Å²) < 4.78 is 27.1. The summed E-state index contributed by atoms with van der Waals surface area (Å²) in [7, 11) is -1.81. The quantitative estimate of drug-likeness (QED) is 0.878. The number of rotatable bonds is 6. The van der Waals surface area contributed by atoms with Crippen LogP contribution in [0.15, 0.2) is 23.1 Å². The van der Waals surface area contributed by atoms with E-state index in [1.807, 2.05) is 13.0 Å². The molecule has 0 aliphatic heterocycles. The molecule has 118 valence electrons. The molecule has 1 fully saturated rings. The number of nitrogens with zero attached hydrogens (tertiary/aromatic N) is 1. The average molecular weight is 311 g/mol. The van der Waals surface area contributed by atoms with Crippen molar-refractivity contribution in [3.63, 3.8) is 0 Å². The van der Waals surface area contributed by atoms with Crippen LogP contribution in [0.5, 0.6) is 0 Å². The van der Waals surface area contributed by atoms with Crippen molar-refractivity contribution in [3.05, 3.63) is 29.3 Å². The molecule has 4 nitrogen and oxygen atoms in total. The highest BCUT2D eigenvalue weighted by atomic mass is 32.2. The molecule has 0 radical (unpaired) electrons. The van der Waals surface area contributed by atoms with Gasteiger partial charge in [0.05, 0.1) is 11.5 Å². The Morgan fingerprint density at radius 3 is 2.52 bits per heavy atom. The Morgan fingerprint density at radius 1 is 1.29 bits per heavy atom. The van der Waals surface area contributed by atoms with E-state index in [0.717, 1.165) is 18.4 Å². The van der Waals surface area contributed by atoms with Crippen LogP contribution in [0.4, 0.5) is 0 Å². The molecule has 0 bridgehead atoms. The fraction of sp³-hybridized carbons (Fsp3) is 0.625. The number of hydrogen-bond acceptors (Lipinski definition) is 3. The van der Waals surface area contributed by atoms with Gasteiger partial charge in [0.1, 0.15) is 0 Å². The predicted octanol–water partition coefficient (Wildman–Crippen LogP) is 2.55. The second-order valence-corrected chi connectivity index (χ2v) is 7.90. The minimum atomic E-state index is -3.48. The second-order valence-electron chi connectivity index (χ2n) is 5.89. The molecule has 0 spiro atoms. The minimum Gasteiger partial charge on any atom is -0.392 e. The lowest BCUT2D eigenvalue weighted by Crippen LogP contribution is -2.32. The summed E-state index contributed by atoms with van der Waals surface area (Å²) in [5.41, 5.74) is 1.45. The van der Waals surface area contributed by atoms with Crippen molar-refractivity contribution in [1.82, 2.24) is 4.31 Å². The Bertz CT molecular complexity index is 577. The van der Waals surface area contributed by atoms with E-state index in [4.69, 9.17) is 0 Å². The van der Waals surface area contributed by atoms with E-state index in [0.29, 0.717) is 29.3 Å². The first-order valence-corrected chi connectivity index (χ1v) is 9.12. The molecule has 0 unspecified atom stereocenters. The number of hydrogen-bond donors (Lipinski definition) is 1. The van der Waals surface area contributed by atoms with Gasteiger partial charge >= 0.3 is 0 Å². The molecule has 0 heterocycles. The Balaban J connectivity index is 2.28. The van der Waals surface area contributed by atoms with E-state index in [2.05, 4.69) is 0 Å². The number of aliphatic hydroxyl groups excluding tert-OH is 1. The summed E-state index contributed by atoms with van der Waals surface area (Å²) in [6, 6.07) is 5.20. The standard InChI is InChI=1S/C16H25NO3S/c1-3-15-9-8-14(12-18)10-16(15)21(19,20)17(2)11-13-6-4-5-7-13/h8-10,13,18H,3-7,11-12H2,1-2H3. The fourth-order valence-electron chi connectivity index (χ4n) is 3.05. The van der Waals surface area contributed by atoms with Gasteiger partial charge in [-0.25, -0.2) is 12.7 Å². The molecule has 0 saturated heterocycles. The van der Waals surface area contributed by atoms with E-state index in [-0.39, 0.29) is 6.61 Å². The minimum absolute atomic E-state index is 0.140. The van der Waals surface area contributed by atoms with E-state index in [1.165, 1.54) is 17.1 Å². The molecule has 2 rings (SSSR count). The maximum absolute atomic E-state index is 12.8. The zero-order chi connectivity index (χ0) is 15.5. The molecular formula is C16H25NO3S. The van der Waals surface area contributed by atoms with Crippen LogP contribution in [0.2, 0.25) is 0 Å². The van der Waals surface area contributed by atoms with Gasteiger partial charge in [0, 0.05) is 13.6 Å². The Kier molecular flexibility index (Phi) is 5.41. The van der Waals surface area contributed by atoms with Crippen molar-refractivity contribution in [3.8, 4) is 0 Å². The third kappa shape index (κ3) is 3.65. The maximum atomic E-state index is 12.8. The predicted molar refractivity (Wildman–Crippen MR) is 83.5 cm³/mol. The van der Waals surface area contributed by atoms with Gasteiger partial charge in [-0.1, -0.05) is 31.9 Å². The highest BCUT2D eigenvalue weighted by Crippen LogP contribution is 2.28. The lowest BCUT2D eigenvalue weighted by molar-refractivity contribution is 0.281. The van der Waals surface area contributed by atoms with Gasteiger partial charge in [-0.3, -0.25) is 0 Å². The van der Waals surface area contributed by atoms with Gasteiger partial charge < -0.3 is 5.11 Å². The zero-order valence-electron chi connectivity index (χ0n) is 12.9. The molecule has 21 heavy (non-hydrogen) atoms. The van der Waals surface area contributed by atoms with Crippen molar-refractivity contribution in [2.45, 2.75) is 50.5 Å². The first-order valence-electron chi connectivity index (χ1n) is 7.68. The summed E-state index contributed by atoms with van der Waals surface area (Å²) >= 11 is 0. The van der Waals surface area contributed by atoms with Crippen molar-refractivity contribution in [2.75, 3.05) is 13.6 Å². The van der Waals surface area contributed by atoms with Crippen LogP contribution in [0.25, 0.3) is 0 Å². The second kappa shape index (κ2) is 6.90. The van der Waals surface area contributed by atoms with Crippen LogP contribution in [-0.2, 0) is 23.1 Å². The van der Waals surface area contributed by atoms with Crippen molar-refractivity contribution >= 4 is 10.0 Å². The third-order valence-corrected chi connectivity index (χ3v) is 6.28. The lowest BCUT2D eigenvalue weighted by Gasteiger charge is -2.22. The van der Waals surface area contributed by atoms with E-state index >= 15 is 0 Å². The van der Waals surface area contributed by atoms with Gasteiger partial charge in [0.15, 0.2) is 0 Å². The van der Waals surface area contributed by atoms with Crippen LogP contribution in [0, 0.1) is 5.92 Å². The fourth-order valence-corrected chi connectivity index (χ4v) is 4.64. The van der Waals surface area contributed by atoms with Crippen molar-refractivity contribution < 1.29 is 13.5 Å². The Morgan fingerprint density at radius 2 is 1.95 bits per heavy atom. The molecule has 0 atom stereocenters. The topological polar surface area (TPSA) is 57.6 Å². The molecule has 5 heteroatoms. The molecule has 1 saturated carbocycles. The molecule has 0 aromatic heterocycles. The monoisotopic (exact) mass is 311 g/mol. The molecule has 1 aromatic carbocycles. The van der Waals surface area contributed by atoms with Gasteiger partial charge in [-0.15, -0.1) is 0 Å². The van der Waals surface area contributed by atoms with Crippen molar-refractivity contribution in [2.24, 2.45) is 5.92 Å². The molecule has 1 N–H and O–H groups in total. The summed E-state index contributed by atoms with van der Waals surface area (Å²) in [5.74, 6) is 0.482. The van der Waals surface area contributed by atoms with E-state index in [9.17, 15) is 13.5 Å². The number of aryl methyl sites for hydroxylation is 1. The highest BCUT2D eigenvalue weighted by molar-refractivity contribution is 7.89. The van der Waals surface area contributed by atoms with Gasteiger partial charge in [0.25, 0.3) is 0 Å². The van der Waals surface area contributed by atoms with Crippen LogP contribution >= 0.6 is 0 Å². The molecule has 1 aliphatic carbocycles.